The van der Waals surface area contributed by atoms with Crippen LogP contribution in [0.15, 0.2) is 0 Å². The van der Waals surface area contributed by atoms with Gasteiger partial charge in [0.1, 0.15) is 0 Å². The van der Waals surface area contributed by atoms with E-state index in [9.17, 15) is 5.11 Å². The normalized spacial score (nSPS) is 27.3. The van der Waals surface area contributed by atoms with Crippen LogP contribution in [0.3, 0.4) is 0 Å². The molecule has 3 heteroatoms. The quantitative estimate of drug-likeness (QED) is 0.686. The second-order valence-corrected chi connectivity index (χ2v) is 7.54. The molecular formula is C18H36N2O. The van der Waals surface area contributed by atoms with E-state index in [1.54, 1.807) is 0 Å². The third-order valence-electron chi connectivity index (χ3n) is 5.68. The van der Waals surface area contributed by atoms with Crippen LogP contribution in [0.25, 0.3) is 0 Å². The predicted octanol–water partition coefficient (Wildman–Crippen LogP) is 3.17. The smallest absolute Gasteiger partial charge is 0.0610 e. The molecule has 2 aliphatic rings. The lowest BCUT2D eigenvalue weighted by Crippen LogP contribution is -2.46. The Kier molecular flexibility index (Phi) is 6.97. The first kappa shape index (κ1) is 17.2. The van der Waals surface area contributed by atoms with Crippen LogP contribution in [0, 0.1) is 5.92 Å². The number of likely N-dealkylation sites (tertiary alicyclic amines) is 1. The van der Waals surface area contributed by atoms with Gasteiger partial charge in [-0.1, -0.05) is 19.8 Å². The SMILES string of the molecule is CCCNC(C)(CO)CCCN1CCCC1C1CCCC1. The van der Waals surface area contributed by atoms with E-state index >= 15 is 0 Å². The number of nitrogens with one attached hydrogen (secondary N) is 1. The van der Waals surface area contributed by atoms with Gasteiger partial charge in [-0.05, 0) is 77.4 Å². The van der Waals surface area contributed by atoms with E-state index in [1.807, 2.05) is 0 Å². The first-order valence-electron chi connectivity index (χ1n) is 9.28. The Morgan fingerprint density at radius 2 is 1.95 bits per heavy atom. The second kappa shape index (κ2) is 8.50. The number of rotatable bonds is 9. The fourth-order valence-electron chi connectivity index (χ4n) is 4.33. The van der Waals surface area contributed by atoms with Crippen molar-refractivity contribution >= 4 is 0 Å². The Hall–Kier alpha value is -0.120. The molecule has 1 saturated carbocycles. The van der Waals surface area contributed by atoms with E-state index in [4.69, 9.17) is 0 Å². The summed E-state index contributed by atoms with van der Waals surface area (Å²) in [4.78, 5) is 2.76. The summed E-state index contributed by atoms with van der Waals surface area (Å²) in [5.41, 5.74) is -0.0847. The van der Waals surface area contributed by atoms with Gasteiger partial charge in [-0.25, -0.2) is 0 Å². The first-order chi connectivity index (χ1) is 10.2. The van der Waals surface area contributed by atoms with Crippen LogP contribution in [-0.4, -0.2) is 47.8 Å². The number of aliphatic hydroxyl groups excluding tert-OH is 1. The van der Waals surface area contributed by atoms with Gasteiger partial charge in [-0.3, -0.25) is 0 Å². The van der Waals surface area contributed by atoms with Crippen molar-refractivity contribution in [3.63, 3.8) is 0 Å². The van der Waals surface area contributed by atoms with E-state index in [-0.39, 0.29) is 12.1 Å². The molecule has 2 rings (SSSR count). The maximum Gasteiger partial charge on any atom is 0.0610 e. The third kappa shape index (κ3) is 4.94. The van der Waals surface area contributed by atoms with Crippen molar-refractivity contribution in [3.05, 3.63) is 0 Å². The topological polar surface area (TPSA) is 35.5 Å². The van der Waals surface area contributed by atoms with Crippen molar-refractivity contribution in [2.24, 2.45) is 5.92 Å². The second-order valence-electron chi connectivity index (χ2n) is 7.54. The monoisotopic (exact) mass is 296 g/mol. The van der Waals surface area contributed by atoms with Gasteiger partial charge in [-0.15, -0.1) is 0 Å². The van der Waals surface area contributed by atoms with Crippen molar-refractivity contribution in [1.82, 2.24) is 10.2 Å². The summed E-state index contributed by atoms with van der Waals surface area (Å²) >= 11 is 0. The number of hydrogen-bond acceptors (Lipinski definition) is 3. The Balaban J connectivity index is 1.73. The van der Waals surface area contributed by atoms with Crippen molar-refractivity contribution < 1.29 is 5.11 Å². The molecule has 1 heterocycles. The number of hydrogen-bond donors (Lipinski definition) is 2. The van der Waals surface area contributed by atoms with Gasteiger partial charge in [0.15, 0.2) is 0 Å². The molecule has 0 aromatic rings. The highest BCUT2D eigenvalue weighted by molar-refractivity contribution is 4.88. The van der Waals surface area contributed by atoms with Crippen LogP contribution in [0.1, 0.15) is 71.6 Å². The summed E-state index contributed by atoms with van der Waals surface area (Å²) in [5.74, 6) is 0.981. The minimum absolute atomic E-state index is 0.0847. The summed E-state index contributed by atoms with van der Waals surface area (Å²) in [6.45, 7) is 8.14. The number of nitrogens with zero attached hydrogens (tertiary/aromatic N) is 1. The molecule has 1 aliphatic heterocycles. The zero-order valence-corrected chi connectivity index (χ0v) is 14.2. The van der Waals surface area contributed by atoms with Crippen LogP contribution in [0.4, 0.5) is 0 Å². The highest BCUT2D eigenvalue weighted by Crippen LogP contribution is 2.35. The Morgan fingerprint density at radius 3 is 2.62 bits per heavy atom. The summed E-state index contributed by atoms with van der Waals surface area (Å²) in [7, 11) is 0. The molecule has 0 aromatic heterocycles. The van der Waals surface area contributed by atoms with Gasteiger partial charge in [0.25, 0.3) is 0 Å². The fourth-order valence-corrected chi connectivity index (χ4v) is 4.33. The van der Waals surface area contributed by atoms with Gasteiger partial charge in [-0.2, -0.15) is 0 Å². The first-order valence-corrected chi connectivity index (χ1v) is 9.28. The molecule has 3 nitrogen and oxygen atoms in total. The van der Waals surface area contributed by atoms with Crippen LogP contribution in [-0.2, 0) is 0 Å². The maximum absolute atomic E-state index is 9.65. The summed E-state index contributed by atoms with van der Waals surface area (Å²) in [5, 5.41) is 13.2. The van der Waals surface area contributed by atoms with Crippen LogP contribution in [0.5, 0.6) is 0 Å². The van der Waals surface area contributed by atoms with Crippen LogP contribution in [0.2, 0.25) is 0 Å². The Bertz CT molecular complexity index is 291. The molecule has 2 atom stereocenters. The Labute approximate surface area is 131 Å². The van der Waals surface area contributed by atoms with E-state index in [1.165, 1.54) is 58.0 Å². The van der Waals surface area contributed by atoms with Gasteiger partial charge in [0.2, 0.25) is 0 Å². The third-order valence-corrected chi connectivity index (χ3v) is 5.68. The molecule has 0 radical (unpaired) electrons. The molecule has 0 aromatic carbocycles. The van der Waals surface area contributed by atoms with E-state index in [2.05, 4.69) is 24.1 Å². The fraction of sp³-hybridized carbons (Fsp3) is 1.00. The van der Waals surface area contributed by atoms with Crippen LogP contribution < -0.4 is 5.32 Å². The zero-order chi connectivity index (χ0) is 15.1. The molecular weight excluding hydrogens is 260 g/mol. The molecule has 1 saturated heterocycles. The van der Waals surface area contributed by atoms with Gasteiger partial charge in [0, 0.05) is 11.6 Å². The lowest BCUT2D eigenvalue weighted by molar-refractivity contribution is 0.146. The van der Waals surface area contributed by atoms with Crippen molar-refractivity contribution in [2.45, 2.75) is 83.2 Å². The largest absolute Gasteiger partial charge is 0.394 e. The highest BCUT2D eigenvalue weighted by Gasteiger charge is 2.33. The standard InChI is InChI=1S/C18H36N2O/c1-3-12-19-18(2,15-21)11-7-14-20-13-6-10-17(20)16-8-4-5-9-16/h16-17,19,21H,3-15H2,1-2H3. The summed E-state index contributed by atoms with van der Waals surface area (Å²) in [6.07, 6.45) is 12.1. The average molecular weight is 296 g/mol. The number of aliphatic hydroxyl groups is 1. The van der Waals surface area contributed by atoms with Gasteiger partial charge < -0.3 is 15.3 Å². The van der Waals surface area contributed by atoms with Crippen LogP contribution >= 0.6 is 0 Å². The highest BCUT2D eigenvalue weighted by atomic mass is 16.3. The molecule has 1 aliphatic carbocycles. The molecule has 2 unspecified atom stereocenters. The minimum atomic E-state index is -0.0847. The molecule has 21 heavy (non-hydrogen) atoms. The molecule has 2 fully saturated rings. The van der Waals surface area contributed by atoms with Crippen molar-refractivity contribution in [1.29, 1.82) is 0 Å². The van der Waals surface area contributed by atoms with Gasteiger partial charge in [0.05, 0.1) is 6.61 Å². The van der Waals surface area contributed by atoms with Crippen molar-refractivity contribution in [3.8, 4) is 0 Å². The molecule has 0 amide bonds. The molecule has 2 N–H and O–H groups in total. The van der Waals surface area contributed by atoms with Gasteiger partial charge >= 0.3 is 0 Å². The summed E-state index contributed by atoms with van der Waals surface area (Å²) < 4.78 is 0. The molecule has 124 valence electrons. The Morgan fingerprint density at radius 1 is 1.19 bits per heavy atom. The summed E-state index contributed by atoms with van der Waals surface area (Å²) in [6, 6.07) is 0.872. The van der Waals surface area contributed by atoms with Crippen molar-refractivity contribution in [2.75, 3.05) is 26.2 Å². The predicted molar refractivity (Wildman–Crippen MR) is 89.6 cm³/mol. The minimum Gasteiger partial charge on any atom is -0.394 e. The van der Waals surface area contributed by atoms with E-state index in [0.717, 1.165) is 31.3 Å². The van der Waals surface area contributed by atoms with E-state index in [0.29, 0.717) is 0 Å². The molecule has 0 bridgehead atoms. The average Bonchev–Trinajstić information content (AvgIpc) is 3.15. The lowest BCUT2D eigenvalue weighted by Gasteiger charge is -2.32. The zero-order valence-electron chi connectivity index (χ0n) is 14.2. The molecule has 0 spiro atoms. The van der Waals surface area contributed by atoms with E-state index < -0.39 is 0 Å². The lowest BCUT2D eigenvalue weighted by atomic mass is 9.94. The maximum atomic E-state index is 9.65.